The molecule has 0 aliphatic carbocycles. The van der Waals surface area contributed by atoms with Gasteiger partial charge in [0.2, 0.25) is 6.79 Å². The van der Waals surface area contributed by atoms with Gasteiger partial charge in [0.15, 0.2) is 11.5 Å². The van der Waals surface area contributed by atoms with E-state index in [0.29, 0.717) is 19.0 Å². The van der Waals surface area contributed by atoms with Gasteiger partial charge in [0.1, 0.15) is 0 Å². The highest BCUT2D eigenvalue weighted by molar-refractivity contribution is 9.10. The van der Waals surface area contributed by atoms with Crippen molar-refractivity contribution in [3.8, 4) is 11.5 Å². The van der Waals surface area contributed by atoms with Crippen molar-refractivity contribution in [1.29, 1.82) is 0 Å². The van der Waals surface area contributed by atoms with Crippen LogP contribution in [-0.2, 0) is 11.3 Å². The molecule has 2 aliphatic rings. The topological polar surface area (TPSA) is 43.0 Å². The van der Waals surface area contributed by atoms with Crippen molar-refractivity contribution in [1.82, 2.24) is 10.2 Å². The molecule has 1 aromatic carbocycles. The number of benzene rings is 1. The van der Waals surface area contributed by atoms with Gasteiger partial charge in [-0.05, 0) is 67.0 Å². The lowest BCUT2D eigenvalue weighted by Crippen LogP contribution is -2.46. The SMILES string of the molecule is C[C@@H]1CN(CCCNCc2cc(Br)c3c(c2)OCO3)C[C@H](C)O1. The van der Waals surface area contributed by atoms with Crippen LogP contribution in [0.15, 0.2) is 16.6 Å². The van der Waals surface area contributed by atoms with Crippen molar-refractivity contribution in [3.63, 3.8) is 0 Å². The van der Waals surface area contributed by atoms with Crippen LogP contribution >= 0.6 is 15.9 Å². The molecule has 1 aromatic rings. The van der Waals surface area contributed by atoms with E-state index in [1.807, 2.05) is 6.07 Å². The summed E-state index contributed by atoms with van der Waals surface area (Å²) in [5.41, 5.74) is 1.20. The molecule has 5 nitrogen and oxygen atoms in total. The zero-order valence-electron chi connectivity index (χ0n) is 13.8. The fourth-order valence-electron chi connectivity index (χ4n) is 3.25. The molecule has 0 saturated carbocycles. The molecule has 1 N–H and O–H groups in total. The molecule has 0 aromatic heterocycles. The van der Waals surface area contributed by atoms with Gasteiger partial charge in [-0.15, -0.1) is 0 Å². The second-order valence-corrected chi connectivity index (χ2v) is 7.21. The highest BCUT2D eigenvalue weighted by Gasteiger charge is 2.21. The Labute approximate surface area is 146 Å². The van der Waals surface area contributed by atoms with Crippen LogP contribution in [-0.4, -0.2) is 50.1 Å². The van der Waals surface area contributed by atoms with E-state index in [1.54, 1.807) is 0 Å². The second kappa shape index (κ2) is 7.83. The summed E-state index contributed by atoms with van der Waals surface area (Å²) in [5, 5.41) is 3.51. The van der Waals surface area contributed by atoms with Gasteiger partial charge in [-0.2, -0.15) is 0 Å². The third-order valence-corrected chi connectivity index (χ3v) is 4.73. The van der Waals surface area contributed by atoms with Gasteiger partial charge >= 0.3 is 0 Å². The Hall–Kier alpha value is -0.820. The average molecular weight is 385 g/mol. The first-order valence-corrected chi connectivity index (χ1v) is 9.07. The number of ether oxygens (including phenoxy) is 3. The predicted octanol–water partition coefficient (Wildman–Crippen LogP) is 2.77. The highest BCUT2D eigenvalue weighted by Crippen LogP contribution is 2.39. The summed E-state index contributed by atoms with van der Waals surface area (Å²) in [4.78, 5) is 2.50. The molecule has 2 heterocycles. The van der Waals surface area contributed by atoms with E-state index in [0.717, 1.165) is 55.1 Å². The summed E-state index contributed by atoms with van der Waals surface area (Å²) in [5.74, 6) is 1.64. The normalized spacial score (nSPS) is 24.1. The van der Waals surface area contributed by atoms with E-state index in [-0.39, 0.29) is 0 Å². The summed E-state index contributed by atoms with van der Waals surface area (Å²) in [6.45, 7) is 9.66. The van der Waals surface area contributed by atoms with Crippen molar-refractivity contribution < 1.29 is 14.2 Å². The van der Waals surface area contributed by atoms with E-state index in [4.69, 9.17) is 14.2 Å². The van der Waals surface area contributed by atoms with E-state index < -0.39 is 0 Å². The monoisotopic (exact) mass is 384 g/mol. The summed E-state index contributed by atoms with van der Waals surface area (Å²) in [6, 6.07) is 4.14. The van der Waals surface area contributed by atoms with Crippen molar-refractivity contribution in [3.05, 3.63) is 22.2 Å². The molecule has 2 atom stereocenters. The second-order valence-electron chi connectivity index (χ2n) is 6.36. The van der Waals surface area contributed by atoms with Crippen molar-refractivity contribution >= 4 is 15.9 Å². The Balaban J connectivity index is 1.38. The number of rotatable bonds is 6. The number of hydrogen-bond donors (Lipinski definition) is 1. The molecule has 1 saturated heterocycles. The molecule has 0 radical (unpaired) electrons. The van der Waals surface area contributed by atoms with Gasteiger partial charge in [0.25, 0.3) is 0 Å². The number of morpholine rings is 1. The number of hydrogen-bond acceptors (Lipinski definition) is 5. The zero-order valence-corrected chi connectivity index (χ0v) is 15.4. The molecular formula is C17H25BrN2O3. The Morgan fingerprint density at radius 2 is 2.00 bits per heavy atom. The minimum Gasteiger partial charge on any atom is -0.454 e. The van der Waals surface area contributed by atoms with Crippen molar-refractivity contribution in [2.75, 3.05) is 33.0 Å². The Kier molecular flexibility index (Phi) is 5.80. The number of nitrogens with one attached hydrogen (secondary N) is 1. The quantitative estimate of drug-likeness (QED) is 0.763. The largest absolute Gasteiger partial charge is 0.454 e. The van der Waals surface area contributed by atoms with E-state index in [1.165, 1.54) is 5.56 Å². The molecule has 0 amide bonds. The van der Waals surface area contributed by atoms with E-state index in [2.05, 4.69) is 46.1 Å². The summed E-state index contributed by atoms with van der Waals surface area (Å²) in [6.07, 6.45) is 1.83. The maximum atomic E-state index is 5.77. The van der Waals surface area contributed by atoms with Gasteiger partial charge in [-0.25, -0.2) is 0 Å². The molecular weight excluding hydrogens is 360 g/mol. The predicted molar refractivity (Wildman–Crippen MR) is 93.0 cm³/mol. The molecule has 128 valence electrons. The third kappa shape index (κ3) is 4.59. The van der Waals surface area contributed by atoms with Crippen LogP contribution in [0.5, 0.6) is 11.5 Å². The molecule has 6 heteroatoms. The Morgan fingerprint density at radius 1 is 1.22 bits per heavy atom. The summed E-state index contributed by atoms with van der Waals surface area (Å²) in [7, 11) is 0. The first kappa shape index (κ1) is 17.0. The minimum atomic E-state index is 0.307. The zero-order chi connectivity index (χ0) is 16.2. The average Bonchev–Trinajstić information content (AvgIpc) is 2.95. The van der Waals surface area contributed by atoms with Gasteiger partial charge < -0.3 is 19.5 Å². The van der Waals surface area contributed by atoms with Gasteiger partial charge in [-0.3, -0.25) is 4.90 Å². The summed E-state index contributed by atoms with van der Waals surface area (Å²) >= 11 is 3.53. The van der Waals surface area contributed by atoms with Crippen LogP contribution in [0.3, 0.4) is 0 Å². The van der Waals surface area contributed by atoms with Gasteiger partial charge in [0, 0.05) is 19.6 Å². The van der Waals surface area contributed by atoms with Crippen LogP contribution in [0.1, 0.15) is 25.8 Å². The number of nitrogens with zero attached hydrogens (tertiary/aromatic N) is 1. The van der Waals surface area contributed by atoms with Crippen LogP contribution in [0.2, 0.25) is 0 Å². The highest BCUT2D eigenvalue weighted by atomic mass is 79.9. The first-order chi connectivity index (χ1) is 11.1. The Bertz CT molecular complexity index is 531. The Morgan fingerprint density at radius 3 is 2.78 bits per heavy atom. The van der Waals surface area contributed by atoms with Crippen molar-refractivity contribution in [2.45, 2.75) is 39.0 Å². The van der Waals surface area contributed by atoms with Crippen LogP contribution in [0, 0.1) is 0 Å². The molecule has 23 heavy (non-hydrogen) atoms. The van der Waals surface area contributed by atoms with Gasteiger partial charge in [0.05, 0.1) is 16.7 Å². The fraction of sp³-hybridized carbons (Fsp3) is 0.647. The molecule has 0 bridgehead atoms. The lowest BCUT2D eigenvalue weighted by Gasteiger charge is -2.35. The molecule has 0 spiro atoms. The van der Waals surface area contributed by atoms with E-state index in [9.17, 15) is 0 Å². The first-order valence-electron chi connectivity index (χ1n) is 8.28. The minimum absolute atomic E-state index is 0.307. The molecule has 0 unspecified atom stereocenters. The van der Waals surface area contributed by atoms with Crippen LogP contribution in [0.25, 0.3) is 0 Å². The number of fused-ring (bicyclic) bond motifs is 1. The molecule has 1 fully saturated rings. The van der Waals surface area contributed by atoms with Crippen molar-refractivity contribution in [2.24, 2.45) is 0 Å². The molecule has 3 rings (SSSR count). The fourth-order valence-corrected chi connectivity index (χ4v) is 3.85. The smallest absolute Gasteiger partial charge is 0.231 e. The van der Waals surface area contributed by atoms with Crippen LogP contribution in [0.4, 0.5) is 0 Å². The lowest BCUT2D eigenvalue weighted by molar-refractivity contribution is -0.0680. The standard InChI is InChI=1S/C17H25BrN2O3/c1-12-9-20(10-13(2)23-12)5-3-4-19-8-14-6-15(18)17-16(7-14)21-11-22-17/h6-7,12-13,19H,3-5,8-11H2,1-2H3/t12-,13+. The maximum absolute atomic E-state index is 5.77. The van der Waals surface area contributed by atoms with E-state index >= 15 is 0 Å². The number of halogens is 1. The van der Waals surface area contributed by atoms with Gasteiger partial charge in [-0.1, -0.05) is 0 Å². The third-order valence-electron chi connectivity index (χ3n) is 4.14. The molecule has 2 aliphatic heterocycles. The lowest BCUT2D eigenvalue weighted by atomic mass is 10.2. The maximum Gasteiger partial charge on any atom is 0.231 e. The summed E-state index contributed by atoms with van der Waals surface area (Å²) < 4.78 is 17.6. The van der Waals surface area contributed by atoms with Crippen LogP contribution < -0.4 is 14.8 Å².